The fourth-order valence-electron chi connectivity index (χ4n) is 2.08. The maximum Gasteiger partial charge on any atom is 0.266 e. The molecule has 0 saturated heterocycles. The molecule has 0 fully saturated rings. The molecule has 0 aromatic heterocycles. The Morgan fingerprint density at radius 2 is 1.92 bits per heavy atom. The molecule has 0 aliphatic heterocycles. The number of ether oxygens (including phenoxy) is 2. The van der Waals surface area contributed by atoms with Gasteiger partial charge in [0, 0.05) is 5.69 Å². The molecule has 2 aromatic rings. The van der Waals surface area contributed by atoms with Gasteiger partial charge in [-0.2, -0.15) is 5.26 Å². The minimum atomic E-state index is -0.556. The summed E-state index contributed by atoms with van der Waals surface area (Å²) in [7, 11) is 3.02. The number of nitrogens with one attached hydrogen (secondary N) is 1. The van der Waals surface area contributed by atoms with E-state index in [1.807, 2.05) is 6.07 Å². The minimum absolute atomic E-state index is 0.0767. The van der Waals surface area contributed by atoms with E-state index in [-0.39, 0.29) is 11.3 Å². The van der Waals surface area contributed by atoms with Crippen molar-refractivity contribution in [3.63, 3.8) is 0 Å². The second-order valence-corrected chi connectivity index (χ2v) is 5.76. The van der Waals surface area contributed by atoms with Crippen LogP contribution in [0.3, 0.4) is 0 Å². The van der Waals surface area contributed by atoms with Crippen LogP contribution in [-0.2, 0) is 4.79 Å². The lowest BCUT2D eigenvalue weighted by molar-refractivity contribution is -0.112. The van der Waals surface area contributed by atoms with Crippen molar-refractivity contribution in [2.45, 2.75) is 0 Å². The van der Waals surface area contributed by atoms with E-state index in [0.717, 1.165) is 0 Å². The number of benzene rings is 2. The number of amides is 1. The summed E-state index contributed by atoms with van der Waals surface area (Å²) in [6.45, 7) is 0. The summed E-state index contributed by atoms with van der Waals surface area (Å²) in [6.07, 6.45) is 1.45. The molecule has 0 radical (unpaired) electrons. The number of rotatable bonds is 5. The molecule has 2 aromatic carbocycles. The van der Waals surface area contributed by atoms with Crippen LogP contribution in [0.2, 0.25) is 0 Å². The molecular formula is C18H15BrN2O4. The number of halogens is 1. The van der Waals surface area contributed by atoms with E-state index in [1.165, 1.54) is 44.6 Å². The summed E-state index contributed by atoms with van der Waals surface area (Å²) in [6, 6.07) is 11.2. The van der Waals surface area contributed by atoms with Crippen molar-refractivity contribution < 1.29 is 19.4 Å². The fraction of sp³-hybridized carbons (Fsp3) is 0.111. The van der Waals surface area contributed by atoms with Crippen LogP contribution < -0.4 is 14.8 Å². The SMILES string of the molecule is COc1cc(/C=C(\C#N)C(=O)Nc2ccc(O)cc2)cc(Br)c1OC. The zero-order valence-corrected chi connectivity index (χ0v) is 15.1. The van der Waals surface area contributed by atoms with Crippen LogP contribution in [0, 0.1) is 11.3 Å². The van der Waals surface area contributed by atoms with Gasteiger partial charge in [0.1, 0.15) is 17.4 Å². The lowest BCUT2D eigenvalue weighted by Crippen LogP contribution is -2.13. The highest BCUT2D eigenvalue weighted by Gasteiger charge is 2.13. The number of aromatic hydroxyl groups is 1. The Morgan fingerprint density at radius 1 is 1.24 bits per heavy atom. The van der Waals surface area contributed by atoms with Gasteiger partial charge in [0.15, 0.2) is 11.5 Å². The minimum Gasteiger partial charge on any atom is -0.508 e. The summed E-state index contributed by atoms with van der Waals surface area (Å²) >= 11 is 3.37. The average Bonchev–Trinajstić information content (AvgIpc) is 2.60. The van der Waals surface area contributed by atoms with Crippen molar-refractivity contribution >= 4 is 33.6 Å². The molecule has 128 valence electrons. The molecule has 2 N–H and O–H groups in total. The number of phenols is 1. The standard InChI is InChI=1S/C18H15BrN2O4/c1-24-16-9-11(8-15(19)17(16)25-2)7-12(10-20)18(23)21-13-3-5-14(22)6-4-13/h3-9,22H,1-2H3,(H,21,23)/b12-7+. The van der Waals surface area contributed by atoms with Gasteiger partial charge in [-0.1, -0.05) is 0 Å². The van der Waals surface area contributed by atoms with Crippen LogP contribution in [0.1, 0.15) is 5.56 Å². The smallest absolute Gasteiger partial charge is 0.266 e. The molecule has 0 atom stereocenters. The predicted molar refractivity (Wildman–Crippen MR) is 97.6 cm³/mol. The normalized spacial score (nSPS) is 10.7. The third-order valence-corrected chi connectivity index (χ3v) is 3.85. The van der Waals surface area contributed by atoms with E-state index in [4.69, 9.17) is 9.47 Å². The van der Waals surface area contributed by atoms with Gasteiger partial charge in [0.25, 0.3) is 5.91 Å². The molecule has 0 saturated carbocycles. The number of carbonyl (C=O) groups is 1. The number of phenolic OH excluding ortho intramolecular Hbond substituents is 1. The number of anilines is 1. The second-order valence-electron chi connectivity index (χ2n) is 4.91. The summed E-state index contributed by atoms with van der Waals surface area (Å²) in [4.78, 5) is 12.3. The maximum absolute atomic E-state index is 12.3. The van der Waals surface area contributed by atoms with Crippen LogP contribution in [-0.4, -0.2) is 25.2 Å². The number of methoxy groups -OCH3 is 2. The van der Waals surface area contributed by atoms with E-state index in [9.17, 15) is 15.2 Å². The largest absolute Gasteiger partial charge is 0.508 e. The monoisotopic (exact) mass is 402 g/mol. The first-order chi connectivity index (χ1) is 12.0. The van der Waals surface area contributed by atoms with Crippen LogP contribution in [0.5, 0.6) is 17.2 Å². The first kappa shape index (κ1) is 18.4. The molecule has 2 rings (SSSR count). The van der Waals surface area contributed by atoms with E-state index >= 15 is 0 Å². The summed E-state index contributed by atoms with van der Waals surface area (Å²) < 4.78 is 11.1. The van der Waals surface area contributed by atoms with Crippen LogP contribution in [0.25, 0.3) is 6.08 Å². The molecule has 0 aliphatic carbocycles. The van der Waals surface area contributed by atoms with Gasteiger partial charge in [-0.05, 0) is 64.0 Å². The highest BCUT2D eigenvalue weighted by Crippen LogP contribution is 2.36. The van der Waals surface area contributed by atoms with Gasteiger partial charge in [-0.15, -0.1) is 0 Å². The van der Waals surface area contributed by atoms with Gasteiger partial charge in [0.2, 0.25) is 0 Å². The molecule has 7 heteroatoms. The van der Waals surface area contributed by atoms with Crippen molar-refractivity contribution in [2.75, 3.05) is 19.5 Å². The fourth-order valence-corrected chi connectivity index (χ4v) is 2.70. The van der Waals surface area contributed by atoms with Gasteiger partial charge >= 0.3 is 0 Å². The lowest BCUT2D eigenvalue weighted by Gasteiger charge is -2.10. The maximum atomic E-state index is 12.3. The zero-order chi connectivity index (χ0) is 18.4. The molecule has 0 heterocycles. The van der Waals surface area contributed by atoms with Gasteiger partial charge in [0.05, 0.1) is 18.7 Å². The van der Waals surface area contributed by atoms with Gasteiger partial charge in [-0.25, -0.2) is 0 Å². The van der Waals surface area contributed by atoms with Crippen molar-refractivity contribution in [3.8, 4) is 23.3 Å². The Morgan fingerprint density at radius 3 is 2.48 bits per heavy atom. The Bertz CT molecular complexity index is 855. The molecule has 0 spiro atoms. The Hall–Kier alpha value is -2.98. The molecule has 0 aliphatic rings. The van der Waals surface area contributed by atoms with Crippen LogP contribution in [0.15, 0.2) is 46.4 Å². The van der Waals surface area contributed by atoms with E-state index in [2.05, 4.69) is 21.2 Å². The van der Waals surface area contributed by atoms with Crippen LogP contribution >= 0.6 is 15.9 Å². The third kappa shape index (κ3) is 4.52. The molecular weight excluding hydrogens is 388 g/mol. The number of nitriles is 1. The van der Waals surface area contributed by atoms with E-state index in [0.29, 0.717) is 27.2 Å². The quantitative estimate of drug-likeness (QED) is 0.451. The highest BCUT2D eigenvalue weighted by atomic mass is 79.9. The first-order valence-corrected chi connectivity index (χ1v) is 7.91. The van der Waals surface area contributed by atoms with Crippen LogP contribution in [0.4, 0.5) is 5.69 Å². The first-order valence-electron chi connectivity index (χ1n) is 7.12. The van der Waals surface area contributed by atoms with Crippen molar-refractivity contribution in [1.29, 1.82) is 5.26 Å². The lowest BCUT2D eigenvalue weighted by atomic mass is 10.1. The third-order valence-electron chi connectivity index (χ3n) is 3.26. The number of hydrogen-bond donors (Lipinski definition) is 2. The van der Waals surface area contributed by atoms with Gasteiger partial charge in [-0.3, -0.25) is 4.79 Å². The van der Waals surface area contributed by atoms with E-state index < -0.39 is 5.91 Å². The molecule has 0 bridgehead atoms. The Balaban J connectivity index is 2.30. The number of nitrogens with zero attached hydrogens (tertiary/aromatic N) is 1. The second kappa shape index (κ2) is 8.22. The summed E-state index contributed by atoms with van der Waals surface area (Å²) in [5.74, 6) is 0.523. The Labute approximate surface area is 153 Å². The average molecular weight is 403 g/mol. The van der Waals surface area contributed by atoms with Gasteiger partial charge < -0.3 is 19.9 Å². The number of carbonyl (C=O) groups excluding carboxylic acids is 1. The molecule has 6 nitrogen and oxygen atoms in total. The molecule has 25 heavy (non-hydrogen) atoms. The summed E-state index contributed by atoms with van der Waals surface area (Å²) in [5, 5.41) is 21.1. The highest BCUT2D eigenvalue weighted by molar-refractivity contribution is 9.10. The topological polar surface area (TPSA) is 91.6 Å². The van der Waals surface area contributed by atoms with Crippen molar-refractivity contribution in [3.05, 3.63) is 52.0 Å². The number of hydrogen-bond acceptors (Lipinski definition) is 5. The molecule has 0 unspecified atom stereocenters. The van der Waals surface area contributed by atoms with Crippen molar-refractivity contribution in [2.24, 2.45) is 0 Å². The zero-order valence-electron chi connectivity index (χ0n) is 13.5. The molecule has 1 amide bonds. The Kier molecular flexibility index (Phi) is 6.03. The predicted octanol–water partition coefficient (Wildman–Crippen LogP) is 3.72. The van der Waals surface area contributed by atoms with E-state index in [1.54, 1.807) is 12.1 Å². The summed E-state index contributed by atoms with van der Waals surface area (Å²) in [5.41, 5.74) is 0.992. The van der Waals surface area contributed by atoms with Crippen molar-refractivity contribution in [1.82, 2.24) is 0 Å².